The first-order chi connectivity index (χ1) is 14.6. The number of methoxy groups -OCH3 is 1. The van der Waals surface area contributed by atoms with Crippen molar-refractivity contribution in [2.75, 3.05) is 12.4 Å². The third-order valence-electron chi connectivity index (χ3n) is 5.26. The number of rotatable bonds is 5. The Labute approximate surface area is 176 Å². The molecule has 2 atom stereocenters. The zero-order valence-electron chi connectivity index (χ0n) is 16.7. The molecular weight excluding hydrogens is 413 g/mol. The van der Waals surface area contributed by atoms with Crippen LogP contribution in [0.15, 0.2) is 35.6 Å². The summed E-state index contributed by atoms with van der Waals surface area (Å²) in [6.07, 6.45) is -1.01. The highest BCUT2D eigenvalue weighted by Crippen LogP contribution is 2.46. The number of halogens is 3. The Bertz CT molecular complexity index is 1070. The molecule has 2 aromatic rings. The van der Waals surface area contributed by atoms with Crippen molar-refractivity contribution in [2.24, 2.45) is 16.1 Å². The predicted octanol–water partition coefficient (Wildman–Crippen LogP) is 3.02. The van der Waals surface area contributed by atoms with Crippen LogP contribution in [0.3, 0.4) is 0 Å². The molecule has 1 amide bonds. The van der Waals surface area contributed by atoms with E-state index >= 15 is 0 Å². The standard InChI is InChI=1S/C20H19F3N6O2/c1-19(10-24)5-6-20(17(22)23,29-18(19)25)12-7-11(3-4-13(12)21)28-16(30)14-8-27-15(31-2)9-26-14/h3-4,7-9,17H,5-6H2,1-2H3,(H2,25,29)(H,28,30)/t19-,20+/m1/s1. The van der Waals surface area contributed by atoms with Gasteiger partial charge in [0.2, 0.25) is 5.88 Å². The second-order valence-corrected chi connectivity index (χ2v) is 7.26. The van der Waals surface area contributed by atoms with Gasteiger partial charge in [0.15, 0.2) is 5.54 Å². The van der Waals surface area contributed by atoms with E-state index in [1.807, 2.05) is 6.07 Å². The number of nitrogens with zero attached hydrogens (tertiary/aromatic N) is 4. The molecule has 0 saturated carbocycles. The van der Waals surface area contributed by atoms with Gasteiger partial charge in [0.1, 0.15) is 22.8 Å². The molecule has 3 N–H and O–H groups in total. The van der Waals surface area contributed by atoms with Crippen molar-refractivity contribution < 1.29 is 22.7 Å². The lowest BCUT2D eigenvalue weighted by atomic mass is 9.74. The van der Waals surface area contributed by atoms with Crippen LogP contribution in [0, 0.1) is 22.6 Å². The van der Waals surface area contributed by atoms with Gasteiger partial charge in [-0.15, -0.1) is 0 Å². The highest BCUT2D eigenvalue weighted by Gasteiger charge is 2.50. The van der Waals surface area contributed by atoms with Gasteiger partial charge in [-0.05, 0) is 38.0 Å². The first kappa shape index (κ1) is 22.0. The molecule has 11 heteroatoms. The highest BCUT2D eigenvalue weighted by molar-refractivity contribution is 6.02. The van der Waals surface area contributed by atoms with E-state index in [1.165, 1.54) is 32.5 Å². The normalized spacial score (nSPS) is 23.1. The Morgan fingerprint density at radius 3 is 2.61 bits per heavy atom. The summed E-state index contributed by atoms with van der Waals surface area (Å²) in [4.78, 5) is 24.1. The molecule has 8 nitrogen and oxygen atoms in total. The lowest BCUT2D eigenvalue weighted by Gasteiger charge is -2.38. The molecule has 1 aromatic carbocycles. The quantitative estimate of drug-likeness (QED) is 0.748. The molecule has 162 valence electrons. The van der Waals surface area contributed by atoms with Gasteiger partial charge in [0.05, 0.1) is 25.6 Å². The fraction of sp³-hybridized carbons (Fsp3) is 0.350. The van der Waals surface area contributed by atoms with E-state index < -0.39 is 34.7 Å². The average Bonchev–Trinajstić information content (AvgIpc) is 2.77. The number of alkyl halides is 2. The number of nitriles is 1. The van der Waals surface area contributed by atoms with E-state index in [0.29, 0.717) is 0 Å². The van der Waals surface area contributed by atoms with Gasteiger partial charge < -0.3 is 15.8 Å². The van der Waals surface area contributed by atoms with Crippen LogP contribution < -0.4 is 15.8 Å². The van der Waals surface area contributed by atoms with Gasteiger partial charge in [-0.1, -0.05) is 0 Å². The van der Waals surface area contributed by atoms with Gasteiger partial charge >= 0.3 is 0 Å². The minimum atomic E-state index is -3.10. The maximum absolute atomic E-state index is 14.6. The first-order valence-electron chi connectivity index (χ1n) is 9.18. The maximum atomic E-state index is 14.6. The molecule has 0 unspecified atom stereocenters. The Morgan fingerprint density at radius 1 is 1.32 bits per heavy atom. The molecule has 0 aliphatic carbocycles. The van der Waals surface area contributed by atoms with Gasteiger partial charge in [-0.25, -0.2) is 23.1 Å². The number of carbonyl (C=O) groups excluding carboxylic acids is 1. The number of amidine groups is 1. The summed E-state index contributed by atoms with van der Waals surface area (Å²) in [5, 5.41) is 11.8. The molecule has 0 spiro atoms. The second-order valence-electron chi connectivity index (χ2n) is 7.26. The average molecular weight is 432 g/mol. The zero-order chi connectivity index (χ0) is 22.8. The Balaban J connectivity index is 1.97. The molecular formula is C20H19F3N6O2. The molecule has 0 saturated heterocycles. The fourth-order valence-corrected chi connectivity index (χ4v) is 3.22. The van der Waals surface area contributed by atoms with Crippen molar-refractivity contribution in [1.82, 2.24) is 9.97 Å². The number of aromatic nitrogens is 2. The van der Waals surface area contributed by atoms with Crippen LogP contribution in [0.1, 0.15) is 35.8 Å². The first-order valence-corrected chi connectivity index (χ1v) is 9.18. The van der Waals surface area contributed by atoms with Crippen LogP contribution >= 0.6 is 0 Å². The fourth-order valence-electron chi connectivity index (χ4n) is 3.22. The molecule has 1 aliphatic heterocycles. The van der Waals surface area contributed by atoms with Crippen molar-refractivity contribution in [3.63, 3.8) is 0 Å². The number of nitrogens with two attached hydrogens (primary N) is 1. The number of benzene rings is 1. The summed E-state index contributed by atoms with van der Waals surface area (Å²) >= 11 is 0. The largest absolute Gasteiger partial charge is 0.480 e. The summed E-state index contributed by atoms with van der Waals surface area (Å²) in [6.45, 7) is 1.49. The van der Waals surface area contributed by atoms with Crippen molar-refractivity contribution in [3.8, 4) is 11.9 Å². The van der Waals surface area contributed by atoms with E-state index in [0.717, 1.165) is 12.1 Å². The number of nitrogens with one attached hydrogen (secondary N) is 1. The highest BCUT2D eigenvalue weighted by atomic mass is 19.3. The zero-order valence-corrected chi connectivity index (χ0v) is 16.7. The number of carbonyl (C=O) groups is 1. The minimum Gasteiger partial charge on any atom is -0.480 e. The molecule has 1 aromatic heterocycles. The van der Waals surface area contributed by atoms with Crippen LogP contribution in [-0.4, -0.2) is 35.2 Å². The van der Waals surface area contributed by atoms with Gasteiger partial charge in [0.25, 0.3) is 12.3 Å². The summed E-state index contributed by atoms with van der Waals surface area (Å²) in [6, 6.07) is 5.23. The maximum Gasteiger partial charge on any atom is 0.275 e. The summed E-state index contributed by atoms with van der Waals surface area (Å²) in [5.74, 6) is -1.69. The molecule has 0 fully saturated rings. The molecule has 1 aliphatic rings. The topological polar surface area (TPSA) is 126 Å². The van der Waals surface area contributed by atoms with Crippen LogP contribution in [-0.2, 0) is 5.54 Å². The number of aliphatic imine (C=N–C) groups is 1. The van der Waals surface area contributed by atoms with Crippen molar-refractivity contribution in [3.05, 3.63) is 47.7 Å². The second kappa shape index (κ2) is 8.22. The van der Waals surface area contributed by atoms with Crippen molar-refractivity contribution in [1.29, 1.82) is 5.26 Å². The lowest BCUT2D eigenvalue weighted by molar-refractivity contribution is 0.0371. The van der Waals surface area contributed by atoms with Gasteiger partial charge in [0, 0.05) is 11.3 Å². The number of ether oxygens (including phenoxy) is 1. The molecule has 31 heavy (non-hydrogen) atoms. The van der Waals surface area contributed by atoms with E-state index in [4.69, 9.17) is 10.5 Å². The molecule has 2 heterocycles. The van der Waals surface area contributed by atoms with Crippen molar-refractivity contribution in [2.45, 2.75) is 31.7 Å². The van der Waals surface area contributed by atoms with Crippen molar-refractivity contribution >= 4 is 17.4 Å². The number of anilines is 1. The van der Waals surface area contributed by atoms with Crippen LogP contribution in [0.4, 0.5) is 18.9 Å². The Kier molecular flexibility index (Phi) is 5.83. The number of hydrogen-bond acceptors (Lipinski definition) is 7. The van der Waals surface area contributed by atoms with Crippen LogP contribution in [0.5, 0.6) is 5.88 Å². The minimum absolute atomic E-state index is 0.0271. The monoisotopic (exact) mass is 432 g/mol. The Morgan fingerprint density at radius 2 is 2.06 bits per heavy atom. The number of hydrogen-bond donors (Lipinski definition) is 2. The molecule has 3 rings (SSSR count). The summed E-state index contributed by atoms with van der Waals surface area (Å²) < 4.78 is 47.9. The lowest BCUT2D eigenvalue weighted by Crippen LogP contribution is -2.46. The Hall–Kier alpha value is -3.68. The SMILES string of the molecule is COc1cnc(C(=O)Nc2ccc(F)c([C@]3(C(F)F)CC[C@](C)(C#N)C(N)=N3)c2)cn1. The number of amides is 1. The predicted molar refractivity (Wildman–Crippen MR) is 105 cm³/mol. The van der Waals surface area contributed by atoms with Gasteiger partial charge in [-0.2, -0.15) is 5.26 Å². The van der Waals surface area contributed by atoms with Crippen LogP contribution in [0.25, 0.3) is 0 Å². The van der Waals surface area contributed by atoms with Gasteiger partial charge in [-0.3, -0.25) is 9.79 Å². The summed E-state index contributed by atoms with van der Waals surface area (Å²) in [5.41, 5.74) is 1.91. The third kappa shape index (κ3) is 4.01. The molecule has 0 bridgehead atoms. The van der Waals surface area contributed by atoms with E-state index in [1.54, 1.807) is 0 Å². The van der Waals surface area contributed by atoms with Crippen LogP contribution in [0.2, 0.25) is 0 Å². The smallest absolute Gasteiger partial charge is 0.275 e. The van der Waals surface area contributed by atoms with E-state index in [9.17, 15) is 23.2 Å². The molecule has 0 radical (unpaired) electrons. The van der Waals surface area contributed by atoms with E-state index in [2.05, 4.69) is 20.3 Å². The van der Waals surface area contributed by atoms with E-state index in [-0.39, 0.29) is 35.9 Å². The third-order valence-corrected chi connectivity index (χ3v) is 5.26. The summed E-state index contributed by atoms with van der Waals surface area (Å²) in [7, 11) is 1.39.